The molecule has 0 spiro atoms. The number of carbonyl (C=O) groups excluding carboxylic acids is 1. The Morgan fingerprint density at radius 1 is 1.07 bits per heavy atom. The molecule has 0 amide bonds. The lowest BCUT2D eigenvalue weighted by Gasteiger charge is -2.23. The van der Waals surface area contributed by atoms with Gasteiger partial charge in [0.15, 0.2) is 5.70 Å². The third-order valence-corrected chi connectivity index (χ3v) is 4.73. The molecule has 0 bridgehead atoms. The van der Waals surface area contributed by atoms with Crippen LogP contribution in [-0.2, 0) is 9.53 Å². The van der Waals surface area contributed by atoms with Gasteiger partial charge in [0.05, 0.1) is 0 Å². The van der Waals surface area contributed by atoms with E-state index in [-0.39, 0.29) is 0 Å². The smallest absolute Gasteiger partial charge is 0.363 e. The molecule has 0 fully saturated rings. The maximum Gasteiger partial charge on any atom is 0.363 e. The van der Waals surface area contributed by atoms with Crippen molar-refractivity contribution >= 4 is 39.6 Å². The van der Waals surface area contributed by atoms with Gasteiger partial charge in [-0.1, -0.05) is 48.0 Å². The average Bonchev–Trinajstić information content (AvgIpc) is 3.03. The maximum atomic E-state index is 12.2. The van der Waals surface area contributed by atoms with Crippen LogP contribution in [0.5, 0.6) is 0 Å². The van der Waals surface area contributed by atoms with Crippen molar-refractivity contribution < 1.29 is 9.53 Å². The highest BCUT2D eigenvalue weighted by molar-refractivity contribution is 9.10. The molecule has 1 heterocycles. The third kappa shape index (κ3) is 4.86. The van der Waals surface area contributed by atoms with Crippen LogP contribution >= 0.6 is 15.9 Å². The Kier molecular flexibility index (Phi) is 6.45. The van der Waals surface area contributed by atoms with E-state index in [1.165, 1.54) is 5.69 Å². The fourth-order valence-electron chi connectivity index (χ4n) is 3.00. The molecule has 0 saturated heterocycles. The van der Waals surface area contributed by atoms with Crippen LogP contribution in [0, 0.1) is 0 Å². The van der Waals surface area contributed by atoms with E-state index in [1.54, 1.807) is 6.08 Å². The molecule has 0 saturated carbocycles. The zero-order valence-corrected chi connectivity index (χ0v) is 17.2. The summed E-state index contributed by atoms with van der Waals surface area (Å²) < 4.78 is 6.24. The lowest BCUT2D eigenvalue weighted by atomic mass is 10.1. The molecule has 2 aromatic rings. The van der Waals surface area contributed by atoms with Crippen LogP contribution < -0.4 is 4.90 Å². The highest BCUT2D eigenvalue weighted by atomic mass is 79.9. The molecular weight excluding hydrogens is 404 g/mol. The van der Waals surface area contributed by atoms with E-state index in [2.05, 4.69) is 51.8 Å². The van der Waals surface area contributed by atoms with Gasteiger partial charge in [0.1, 0.15) is 0 Å². The number of esters is 1. The molecule has 0 atom stereocenters. The minimum Gasteiger partial charge on any atom is -0.402 e. The SMILES string of the molecule is CCCN(CCC)c1ccc(/C=C2\N=C(c3cccc(Br)c3)OC2=O)cc1. The van der Waals surface area contributed by atoms with E-state index < -0.39 is 5.97 Å². The zero-order valence-electron chi connectivity index (χ0n) is 15.6. The van der Waals surface area contributed by atoms with E-state index >= 15 is 0 Å². The Morgan fingerprint density at radius 2 is 1.78 bits per heavy atom. The second-order valence-corrected chi connectivity index (χ2v) is 7.34. The summed E-state index contributed by atoms with van der Waals surface area (Å²) in [5.74, 6) is -0.0890. The third-order valence-electron chi connectivity index (χ3n) is 4.24. The number of aliphatic imine (C=N–C) groups is 1. The first-order chi connectivity index (χ1) is 13.1. The molecule has 0 radical (unpaired) electrons. The van der Waals surface area contributed by atoms with Crippen molar-refractivity contribution in [2.24, 2.45) is 4.99 Å². The van der Waals surface area contributed by atoms with Crippen LogP contribution in [-0.4, -0.2) is 25.0 Å². The lowest BCUT2D eigenvalue weighted by Crippen LogP contribution is -2.24. The van der Waals surface area contributed by atoms with E-state index in [1.807, 2.05) is 36.4 Å². The minimum absolute atomic E-state index is 0.316. The largest absolute Gasteiger partial charge is 0.402 e. The van der Waals surface area contributed by atoms with E-state index in [0.717, 1.165) is 41.5 Å². The Hall–Kier alpha value is -2.40. The molecule has 0 unspecified atom stereocenters. The second-order valence-electron chi connectivity index (χ2n) is 6.42. The molecule has 0 N–H and O–H groups in total. The number of hydrogen-bond donors (Lipinski definition) is 0. The van der Waals surface area contributed by atoms with Gasteiger partial charge in [0, 0.05) is 28.8 Å². The molecular formula is C22H23BrN2O2. The number of anilines is 1. The van der Waals surface area contributed by atoms with Crippen molar-refractivity contribution in [2.75, 3.05) is 18.0 Å². The lowest BCUT2D eigenvalue weighted by molar-refractivity contribution is -0.129. The van der Waals surface area contributed by atoms with Crippen molar-refractivity contribution in [2.45, 2.75) is 26.7 Å². The minimum atomic E-state index is -0.423. The van der Waals surface area contributed by atoms with Crippen molar-refractivity contribution in [1.82, 2.24) is 0 Å². The van der Waals surface area contributed by atoms with Crippen LogP contribution in [0.3, 0.4) is 0 Å². The van der Waals surface area contributed by atoms with E-state index in [4.69, 9.17) is 4.74 Å². The van der Waals surface area contributed by atoms with Gasteiger partial charge in [-0.05, 0) is 54.8 Å². The van der Waals surface area contributed by atoms with Crippen molar-refractivity contribution in [3.63, 3.8) is 0 Å². The summed E-state index contributed by atoms with van der Waals surface area (Å²) in [5, 5.41) is 0. The van der Waals surface area contributed by atoms with Gasteiger partial charge >= 0.3 is 5.97 Å². The standard InChI is InChI=1S/C22H23BrN2O2/c1-3-12-25(13-4-2)19-10-8-16(9-11-19)14-20-22(26)27-21(24-20)17-6-5-7-18(23)15-17/h5-11,14-15H,3-4,12-13H2,1-2H3/b20-14-. The highest BCUT2D eigenvalue weighted by Gasteiger charge is 2.24. The fourth-order valence-corrected chi connectivity index (χ4v) is 3.40. The van der Waals surface area contributed by atoms with Gasteiger partial charge in [-0.15, -0.1) is 0 Å². The first-order valence-corrected chi connectivity index (χ1v) is 10.0. The predicted molar refractivity (Wildman–Crippen MR) is 114 cm³/mol. The monoisotopic (exact) mass is 426 g/mol. The summed E-state index contributed by atoms with van der Waals surface area (Å²) in [5.41, 5.74) is 3.22. The van der Waals surface area contributed by atoms with Crippen LogP contribution in [0.4, 0.5) is 5.69 Å². The van der Waals surface area contributed by atoms with Crippen LogP contribution in [0.15, 0.2) is 63.7 Å². The van der Waals surface area contributed by atoms with E-state index in [0.29, 0.717) is 11.6 Å². The normalized spacial score (nSPS) is 15.0. The van der Waals surface area contributed by atoms with Gasteiger partial charge in [-0.3, -0.25) is 0 Å². The number of rotatable bonds is 7. The molecule has 27 heavy (non-hydrogen) atoms. The van der Waals surface area contributed by atoms with Crippen LogP contribution in [0.2, 0.25) is 0 Å². The predicted octanol–water partition coefficient (Wildman–Crippen LogP) is 5.42. The first-order valence-electron chi connectivity index (χ1n) is 9.24. The van der Waals surface area contributed by atoms with Crippen molar-refractivity contribution in [3.8, 4) is 0 Å². The van der Waals surface area contributed by atoms with Gasteiger partial charge in [0.25, 0.3) is 0 Å². The Bertz CT molecular complexity index is 866. The number of benzene rings is 2. The zero-order chi connectivity index (χ0) is 19.2. The summed E-state index contributed by atoms with van der Waals surface area (Å²) in [6, 6.07) is 15.8. The second kappa shape index (κ2) is 9.00. The molecule has 0 aromatic heterocycles. The molecule has 140 valence electrons. The summed E-state index contributed by atoms with van der Waals surface area (Å²) in [4.78, 5) is 18.9. The summed E-state index contributed by atoms with van der Waals surface area (Å²) in [7, 11) is 0. The first kappa shape index (κ1) is 19.4. The Balaban J connectivity index is 1.80. The average molecular weight is 427 g/mol. The Morgan fingerprint density at radius 3 is 2.41 bits per heavy atom. The highest BCUT2D eigenvalue weighted by Crippen LogP contribution is 2.22. The quantitative estimate of drug-likeness (QED) is 0.438. The number of halogens is 1. The number of ether oxygens (including phenoxy) is 1. The topological polar surface area (TPSA) is 41.9 Å². The summed E-state index contributed by atoms with van der Waals surface area (Å²) in [6.07, 6.45) is 4.00. The fraction of sp³-hybridized carbons (Fsp3) is 0.273. The number of nitrogens with zero attached hydrogens (tertiary/aromatic N) is 2. The molecule has 5 heteroatoms. The molecule has 2 aromatic carbocycles. The number of hydrogen-bond acceptors (Lipinski definition) is 4. The van der Waals surface area contributed by atoms with Crippen LogP contribution in [0.25, 0.3) is 6.08 Å². The summed E-state index contributed by atoms with van der Waals surface area (Å²) >= 11 is 3.42. The Labute approximate surface area is 168 Å². The van der Waals surface area contributed by atoms with Crippen LogP contribution in [0.1, 0.15) is 37.8 Å². The van der Waals surface area contributed by atoms with Crippen molar-refractivity contribution in [1.29, 1.82) is 0 Å². The maximum absolute atomic E-state index is 12.2. The summed E-state index contributed by atoms with van der Waals surface area (Å²) in [6.45, 7) is 6.46. The number of cyclic esters (lactones) is 1. The molecule has 4 nitrogen and oxygen atoms in total. The van der Waals surface area contributed by atoms with Gasteiger partial charge in [0.2, 0.25) is 5.90 Å². The van der Waals surface area contributed by atoms with E-state index in [9.17, 15) is 4.79 Å². The molecule has 0 aliphatic carbocycles. The van der Waals surface area contributed by atoms with Crippen molar-refractivity contribution in [3.05, 3.63) is 69.8 Å². The molecule has 3 rings (SSSR count). The molecule has 1 aliphatic heterocycles. The molecule has 1 aliphatic rings. The van der Waals surface area contributed by atoms with Gasteiger partial charge < -0.3 is 9.64 Å². The van der Waals surface area contributed by atoms with Gasteiger partial charge in [-0.25, -0.2) is 9.79 Å². The number of carbonyl (C=O) groups is 1. The van der Waals surface area contributed by atoms with Gasteiger partial charge in [-0.2, -0.15) is 0 Å².